The maximum Gasteiger partial charge on any atom is 0.251 e. The molecule has 0 saturated carbocycles. The third-order valence-corrected chi connectivity index (χ3v) is 4.54. The monoisotopic (exact) mass is 324 g/mol. The predicted molar refractivity (Wildman–Crippen MR) is 96.4 cm³/mol. The second kappa shape index (κ2) is 7.49. The highest BCUT2D eigenvalue weighted by Gasteiger charge is 2.23. The molecule has 2 aromatic rings. The van der Waals surface area contributed by atoms with E-state index in [1.54, 1.807) is 7.11 Å². The van der Waals surface area contributed by atoms with Gasteiger partial charge in [0.25, 0.3) is 5.91 Å². The molecular formula is C20H24N2O2. The molecule has 0 saturated heterocycles. The van der Waals surface area contributed by atoms with E-state index in [2.05, 4.69) is 41.4 Å². The Morgan fingerprint density at radius 1 is 1.21 bits per heavy atom. The van der Waals surface area contributed by atoms with Crippen LogP contribution < -0.4 is 10.2 Å². The molecule has 1 amide bonds. The summed E-state index contributed by atoms with van der Waals surface area (Å²) in [4.78, 5) is 14.7. The van der Waals surface area contributed by atoms with Gasteiger partial charge in [-0.15, -0.1) is 0 Å². The fraction of sp³-hybridized carbons (Fsp3) is 0.350. The molecule has 3 rings (SSSR count). The molecule has 24 heavy (non-hydrogen) atoms. The Labute approximate surface area is 143 Å². The van der Waals surface area contributed by atoms with Crippen LogP contribution in [0.4, 0.5) is 5.69 Å². The molecular weight excluding hydrogens is 300 g/mol. The van der Waals surface area contributed by atoms with Crippen LogP contribution in [0.2, 0.25) is 0 Å². The Morgan fingerprint density at radius 2 is 1.96 bits per heavy atom. The summed E-state index contributed by atoms with van der Waals surface area (Å²) < 4.78 is 5.09. The molecule has 0 bridgehead atoms. The molecule has 0 unspecified atom stereocenters. The molecule has 4 heteroatoms. The van der Waals surface area contributed by atoms with Gasteiger partial charge in [0.1, 0.15) is 0 Å². The number of rotatable bonds is 6. The van der Waals surface area contributed by atoms with E-state index in [-0.39, 0.29) is 11.9 Å². The van der Waals surface area contributed by atoms with Gasteiger partial charge in [-0.1, -0.05) is 30.3 Å². The number of nitrogens with one attached hydrogen (secondary N) is 1. The van der Waals surface area contributed by atoms with E-state index >= 15 is 0 Å². The normalized spacial score (nSPS) is 14.3. The van der Waals surface area contributed by atoms with Crippen molar-refractivity contribution in [1.29, 1.82) is 0 Å². The number of carbonyl (C=O) groups is 1. The number of benzene rings is 2. The molecule has 126 valence electrons. The van der Waals surface area contributed by atoms with Crippen molar-refractivity contribution in [3.63, 3.8) is 0 Å². The summed E-state index contributed by atoms with van der Waals surface area (Å²) in [5.41, 5.74) is 4.44. The number of hydrogen-bond acceptors (Lipinski definition) is 3. The first-order chi connectivity index (χ1) is 11.7. The largest absolute Gasteiger partial charge is 0.380 e. The number of anilines is 1. The Bertz CT molecular complexity index is 697. The van der Waals surface area contributed by atoms with Gasteiger partial charge in [-0.25, -0.2) is 0 Å². The molecule has 1 N–H and O–H groups in total. The summed E-state index contributed by atoms with van der Waals surface area (Å²) in [5.74, 6) is -0.0294. The number of methoxy groups -OCH3 is 1. The Balaban J connectivity index is 1.56. The maximum absolute atomic E-state index is 12.3. The van der Waals surface area contributed by atoms with Gasteiger partial charge in [0.05, 0.1) is 6.61 Å². The van der Waals surface area contributed by atoms with Gasteiger partial charge in [0.15, 0.2) is 0 Å². The van der Waals surface area contributed by atoms with E-state index in [0.717, 1.165) is 18.5 Å². The average molecular weight is 324 g/mol. The molecule has 2 aromatic carbocycles. The molecule has 0 radical (unpaired) electrons. The lowest BCUT2D eigenvalue weighted by Gasteiger charge is -2.27. The first kappa shape index (κ1) is 16.5. The van der Waals surface area contributed by atoms with E-state index in [1.807, 2.05) is 24.3 Å². The molecule has 4 nitrogen and oxygen atoms in total. The summed E-state index contributed by atoms with van der Waals surface area (Å²) in [6.45, 7) is 4.37. The smallest absolute Gasteiger partial charge is 0.251 e. The summed E-state index contributed by atoms with van der Waals surface area (Å²) in [6, 6.07) is 16.3. The fourth-order valence-electron chi connectivity index (χ4n) is 3.19. The average Bonchev–Trinajstić information content (AvgIpc) is 3.04. The van der Waals surface area contributed by atoms with Crippen LogP contribution in [0, 0.1) is 0 Å². The van der Waals surface area contributed by atoms with Crippen LogP contribution in [0.5, 0.6) is 0 Å². The van der Waals surface area contributed by atoms with Crippen molar-refractivity contribution in [2.45, 2.75) is 26.0 Å². The van der Waals surface area contributed by atoms with Crippen molar-refractivity contribution < 1.29 is 9.53 Å². The SMILES string of the molecule is COCc1ccc(C(=O)NC[C@H](C)N2CCc3ccccc32)cc1. The van der Waals surface area contributed by atoms with Crippen LogP contribution in [0.1, 0.15) is 28.4 Å². The van der Waals surface area contributed by atoms with Crippen molar-refractivity contribution in [2.24, 2.45) is 0 Å². The number of amides is 1. The number of fused-ring (bicyclic) bond motifs is 1. The molecule has 0 fully saturated rings. The van der Waals surface area contributed by atoms with Crippen LogP contribution in [0.3, 0.4) is 0 Å². The van der Waals surface area contributed by atoms with Crippen LogP contribution >= 0.6 is 0 Å². The van der Waals surface area contributed by atoms with Gasteiger partial charge >= 0.3 is 0 Å². The quantitative estimate of drug-likeness (QED) is 0.888. The van der Waals surface area contributed by atoms with Crippen molar-refractivity contribution in [3.05, 3.63) is 65.2 Å². The zero-order valence-electron chi connectivity index (χ0n) is 14.3. The van der Waals surface area contributed by atoms with Gasteiger partial charge < -0.3 is 15.0 Å². The Kier molecular flexibility index (Phi) is 5.16. The molecule has 0 aromatic heterocycles. The highest BCUT2D eigenvalue weighted by Crippen LogP contribution is 2.28. The summed E-state index contributed by atoms with van der Waals surface area (Å²) in [6.07, 6.45) is 1.08. The predicted octanol–water partition coefficient (Wildman–Crippen LogP) is 3.01. The zero-order valence-corrected chi connectivity index (χ0v) is 14.3. The van der Waals surface area contributed by atoms with Crippen LogP contribution in [0.25, 0.3) is 0 Å². The number of para-hydroxylation sites is 1. The second-order valence-electron chi connectivity index (χ2n) is 6.26. The molecule has 1 aliphatic heterocycles. The lowest BCUT2D eigenvalue weighted by Crippen LogP contribution is -2.41. The van der Waals surface area contributed by atoms with Crippen molar-refractivity contribution in [2.75, 3.05) is 25.1 Å². The number of nitrogens with zero attached hydrogens (tertiary/aromatic N) is 1. The second-order valence-corrected chi connectivity index (χ2v) is 6.26. The van der Waals surface area contributed by atoms with Crippen LogP contribution in [-0.2, 0) is 17.8 Å². The minimum Gasteiger partial charge on any atom is -0.380 e. The molecule has 0 spiro atoms. The molecule has 1 atom stereocenters. The molecule has 1 heterocycles. The van der Waals surface area contributed by atoms with Crippen molar-refractivity contribution >= 4 is 11.6 Å². The standard InChI is InChI=1S/C20H24N2O2/c1-15(22-12-11-17-5-3-4-6-19(17)22)13-21-20(23)18-9-7-16(8-10-18)14-24-2/h3-10,15H,11-14H2,1-2H3,(H,21,23)/t15-/m0/s1. The van der Waals surface area contributed by atoms with Gasteiger partial charge in [-0.2, -0.15) is 0 Å². The van der Waals surface area contributed by atoms with E-state index in [9.17, 15) is 4.79 Å². The van der Waals surface area contributed by atoms with Crippen molar-refractivity contribution in [3.8, 4) is 0 Å². The van der Waals surface area contributed by atoms with Crippen molar-refractivity contribution in [1.82, 2.24) is 5.32 Å². The summed E-state index contributed by atoms with van der Waals surface area (Å²) in [5, 5.41) is 3.05. The summed E-state index contributed by atoms with van der Waals surface area (Å²) in [7, 11) is 1.67. The Hall–Kier alpha value is -2.33. The lowest BCUT2D eigenvalue weighted by atomic mass is 10.1. The van der Waals surface area contributed by atoms with E-state index in [1.165, 1.54) is 11.3 Å². The van der Waals surface area contributed by atoms with Crippen LogP contribution in [0.15, 0.2) is 48.5 Å². The van der Waals surface area contributed by atoms with Gasteiger partial charge in [-0.3, -0.25) is 4.79 Å². The third kappa shape index (κ3) is 3.60. The Morgan fingerprint density at radius 3 is 2.71 bits per heavy atom. The minimum atomic E-state index is -0.0294. The third-order valence-electron chi connectivity index (χ3n) is 4.54. The molecule has 0 aliphatic carbocycles. The van der Waals surface area contributed by atoms with Gasteiger partial charge in [-0.05, 0) is 42.7 Å². The highest BCUT2D eigenvalue weighted by molar-refractivity contribution is 5.94. The topological polar surface area (TPSA) is 41.6 Å². The van der Waals surface area contributed by atoms with E-state index in [0.29, 0.717) is 18.7 Å². The number of carbonyl (C=O) groups excluding carboxylic acids is 1. The summed E-state index contributed by atoms with van der Waals surface area (Å²) >= 11 is 0. The first-order valence-electron chi connectivity index (χ1n) is 8.39. The number of hydrogen-bond donors (Lipinski definition) is 1. The zero-order chi connectivity index (χ0) is 16.9. The molecule has 1 aliphatic rings. The minimum absolute atomic E-state index is 0.0294. The highest BCUT2D eigenvalue weighted by atomic mass is 16.5. The first-order valence-corrected chi connectivity index (χ1v) is 8.39. The van der Waals surface area contributed by atoms with Crippen LogP contribution in [-0.4, -0.2) is 32.1 Å². The lowest BCUT2D eigenvalue weighted by molar-refractivity contribution is 0.0951. The van der Waals surface area contributed by atoms with Gasteiger partial charge in [0.2, 0.25) is 0 Å². The van der Waals surface area contributed by atoms with E-state index in [4.69, 9.17) is 4.74 Å². The fourth-order valence-corrected chi connectivity index (χ4v) is 3.19. The number of ether oxygens (including phenoxy) is 1. The van der Waals surface area contributed by atoms with E-state index < -0.39 is 0 Å². The maximum atomic E-state index is 12.3. The van der Waals surface area contributed by atoms with Gasteiger partial charge in [0, 0.05) is 37.5 Å².